The van der Waals surface area contributed by atoms with Crippen molar-refractivity contribution in [3.05, 3.63) is 46.0 Å². The van der Waals surface area contributed by atoms with Gasteiger partial charge in [0, 0.05) is 25.1 Å². The summed E-state index contributed by atoms with van der Waals surface area (Å²) in [6.07, 6.45) is 3.06. The van der Waals surface area contributed by atoms with Crippen molar-refractivity contribution in [2.75, 3.05) is 19.7 Å². The van der Waals surface area contributed by atoms with Crippen molar-refractivity contribution in [1.29, 1.82) is 0 Å². The number of carbonyl (C=O) groups is 1. The van der Waals surface area contributed by atoms with Gasteiger partial charge < -0.3 is 14.6 Å². The summed E-state index contributed by atoms with van der Waals surface area (Å²) < 4.78 is 7.19. The average molecular weight is 410 g/mol. The van der Waals surface area contributed by atoms with Crippen LogP contribution in [-0.2, 0) is 6.42 Å². The van der Waals surface area contributed by atoms with Crippen molar-refractivity contribution < 1.29 is 9.53 Å². The van der Waals surface area contributed by atoms with Gasteiger partial charge in [-0.1, -0.05) is 12.1 Å². The molecule has 1 aliphatic rings. The van der Waals surface area contributed by atoms with Crippen LogP contribution in [0.4, 0.5) is 0 Å². The molecule has 1 aromatic carbocycles. The number of benzene rings is 1. The maximum atomic E-state index is 12.8. The van der Waals surface area contributed by atoms with E-state index in [1.165, 1.54) is 0 Å². The van der Waals surface area contributed by atoms with Gasteiger partial charge >= 0.3 is 0 Å². The molecule has 0 bridgehead atoms. The Balaban J connectivity index is 1.46. The van der Waals surface area contributed by atoms with Crippen molar-refractivity contribution in [2.24, 2.45) is 0 Å². The molecule has 3 aromatic rings. The number of hydrogen-bond acceptors (Lipinski definition) is 6. The number of aromatic nitrogens is 5. The molecular weight excluding hydrogens is 384 g/mol. The lowest BCUT2D eigenvalue weighted by Gasteiger charge is -2.32. The Morgan fingerprint density at radius 1 is 1.20 bits per heavy atom. The van der Waals surface area contributed by atoms with E-state index in [0.29, 0.717) is 43.2 Å². The van der Waals surface area contributed by atoms with E-state index in [-0.39, 0.29) is 23.0 Å². The van der Waals surface area contributed by atoms with E-state index in [1.807, 2.05) is 30.9 Å². The van der Waals surface area contributed by atoms with Gasteiger partial charge in [-0.2, -0.15) is 0 Å². The number of amides is 1. The maximum Gasteiger partial charge on any atom is 0.281 e. The van der Waals surface area contributed by atoms with E-state index in [9.17, 15) is 9.59 Å². The van der Waals surface area contributed by atoms with E-state index in [1.54, 1.807) is 16.8 Å². The lowest BCUT2D eigenvalue weighted by molar-refractivity contribution is 0.0691. The van der Waals surface area contributed by atoms with Gasteiger partial charge in [-0.3, -0.25) is 9.59 Å². The monoisotopic (exact) mass is 410 g/mol. The molecule has 158 valence electrons. The Morgan fingerprint density at radius 3 is 2.60 bits per heavy atom. The van der Waals surface area contributed by atoms with Crippen LogP contribution in [0.5, 0.6) is 5.75 Å². The molecule has 0 aliphatic carbocycles. The third-order valence-corrected chi connectivity index (χ3v) is 5.38. The summed E-state index contributed by atoms with van der Waals surface area (Å²) in [6, 6.07) is 7.30. The van der Waals surface area contributed by atoms with Gasteiger partial charge in [-0.05, 0) is 50.5 Å². The third-order valence-electron chi connectivity index (χ3n) is 5.38. The molecule has 0 spiro atoms. The molecule has 0 unspecified atom stereocenters. The lowest BCUT2D eigenvalue weighted by atomic mass is 10.0. The van der Waals surface area contributed by atoms with Gasteiger partial charge in [0.05, 0.1) is 12.6 Å². The fourth-order valence-corrected chi connectivity index (χ4v) is 3.84. The van der Waals surface area contributed by atoms with Gasteiger partial charge in [0.25, 0.3) is 11.5 Å². The number of H-pyrrole nitrogens is 1. The molecule has 1 saturated heterocycles. The number of aromatic amines is 1. The average Bonchev–Trinajstić information content (AvgIpc) is 3.19. The molecule has 0 radical (unpaired) electrons. The van der Waals surface area contributed by atoms with Crippen molar-refractivity contribution >= 4 is 17.1 Å². The number of carbonyl (C=O) groups excluding carboxylic acids is 1. The SMILES string of the molecule is CCCc1nc2c(nnn2C2CCN(C(=O)c3ccc(OCC)cc3)CC2)c(=O)[nH]1. The molecule has 1 amide bonds. The first kappa shape index (κ1) is 20.1. The zero-order valence-corrected chi connectivity index (χ0v) is 17.3. The van der Waals surface area contributed by atoms with Crippen LogP contribution in [0.25, 0.3) is 11.2 Å². The van der Waals surface area contributed by atoms with Crippen LogP contribution in [0.15, 0.2) is 29.1 Å². The van der Waals surface area contributed by atoms with Crippen LogP contribution < -0.4 is 10.3 Å². The Morgan fingerprint density at radius 2 is 1.93 bits per heavy atom. The molecule has 2 aromatic heterocycles. The fraction of sp³-hybridized carbons (Fsp3) is 0.476. The predicted octanol–water partition coefficient (Wildman–Crippen LogP) is 2.34. The van der Waals surface area contributed by atoms with Crippen molar-refractivity contribution in [2.45, 2.75) is 45.6 Å². The van der Waals surface area contributed by atoms with E-state index in [4.69, 9.17) is 4.74 Å². The Labute approximate surface area is 174 Å². The minimum absolute atomic E-state index is 0.0137. The highest BCUT2D eigenvalue weighted by atomic mass is 16.5. The number of piperidine rings is 1. The number of hydrogen-bond donors (Lipinski definition) is 1. The van der Waals surface area contributed by atoms with Crippen molar-refractivity contribution in [3.8, 4) is 5.75 Å². The van der Waals surface area contributed by atoms with Gasteiger partial charge in [0.15, 0.2) is 11.2 Å². The number of nitrogens with one attached hydrogen (secondary N) is 1. The summed E-state index contributed by atoms with van der Waals surface area (Å²) in [5.74, 6) is 1.43. The number of rotatable bonds is 6. The van der Waals surface area contributed by atoms with Crippen LogP contribution in [0.3, 0.4) is 0 Å². The number of fused-ring (bicyclic) bond motifs is 1. The topological polar surface area (TPSA) is 106 Å². The van der Waals surface area contributed by atoms with Gasteiger partial charge in [0.2, 0.25) is 0 Å². The van der Waals surface area contributed by atoms with Crippen LogP contribution >= 0.6 is 0 Å². The van der Waals surface area contributed by atoms with Gasteiger partial charge in [-0.15, -0.1) is 5.10 Å². The molecule has 1 aliphatic heterocycles. The normalized spacial score (nSPS) is 14.9. The summed E-state index contributed by atoms with van der Waals surface area (Å²) >= 11 is 0. The molecule has 0 atom stereocenters. The van der Waals surface area contributed by atoms with Crippen molar-refractivity contribution in [1.82, 2.24) is 29.9 Å². The smallest absolute Gasteiger partial charge is 0.281 e. The highest BCUT2D eigenvalue weighted by Crippen LogP contribution is 2.25. The van der Waals surface area contributed by atoms with Crippen molar-refractivity contribution in [3.63, 3.8) is 0 Å². The Hall–Kier alpha value is -3.23. The van der Waals surface area contributed by atoms with E-state index < -0.39 is 0 Å². The summed E-state index contributed by atoms with van der Waals surface area (Å²) in [5.41, 5.74) is 1.19. The second-order valence-electron chi connectivity index (χ2n) is 7.45. The van der Waals surface area contributed by atoms with E-state index in [0.717, 1.165) is 25.0 Å². The lowest BCUT2D eigenvalue weighted by Crippen LogP contribution is -2.39. The summed E-state index contributed by atoms with van der Waals surface area (Å²) in [6.45, 7) is 5.79. The van der Waals surface area contributed by atoms with E-state index in [2.05, 4.69) is 20.3 Å². The summed E-state index contributed by atoms with van der Waals surface area (Å²) in [7, 11) is 0. The Kier molecular flexibility index (Phi) is 5.78. The molecule has 9 heteroatoms. The first-order valence-electron chi connectivity index (χ1n) is 10.5. The van der Waals surface area contributed by atoms with Crippen LogP contribution in [0, 0.1) is 0 Å². The van der Waals surface area contributed by atoms with Gasteiger partial charge in [0.1, 0.15) is 11.6 Å². The third kappa shape index (κ3) is 3.92. The second kappa shape index (κ2) is 8.64. The zero-order valence-electron chi connectivity index (χ0n) is 17.3. The predicted molar refractivity (Wildman–Crippen MR) is 112 cm³/mol. The quantitative estimate of drug-likeness (QED) is 0.669. The minimum atomic E-state index is -0.252. The molecule has 1 fully saturated rings. The number of likely N-dealkylation sites (tertiary alicyclic amines) is 1. The van der Waals surface area contributed by atoms with Crippen LogP contribution in [0.2, 0.25) is 0 Å². The first-order chi connectivity index (χ1) is 14.6. The number of aryl methyl sites for hydroxylation is 1. The molecule has 1 N–H and O–H groups in total. The summed E-state index contributed by atoms with van der Waals surface area (Å²) in [5, 5.41) is 8.24. The number of ether oxygens (including phenoxy) is 1. The van der Waals surface area contributed by atoms with E-state index >= 15 is 0 Å². The largest absolute Gasteiger partial charge is 0.494 e. The molecule has 9 nitrogen and oxygen atoms in total. The molecule has 30 heavy (non-hydrogen) atoms. The molecular formula is C21H26N6O3. The summed E-state index contributed by atoms with van der Waals surface area (Å²) in [4.78, 5) is 34.3. The zero-order chi connectivity index (χ0) is 21.1. The molecule has 3 heterocycles. The highest BCUT2D eigenvalue weighted by Gasteiger charge is 2.27. The maximum absolute atomic E-state index is 12.8. The second-order valence-corrected chi connectivity index (χ2v) is 7.45. The highest BCUT2D eigenvalue weighted by molar-refractivity contribution is 5.94. The number of nitrogens with zero attached hydrogens (tertiary/aromatic N) is 5. The minimum Gasteiger partial charge on any atom is -0.494 e. The standard InChI is InChI=1S/C21H26N6O3/c1-3-5-17-22-19-18(20(28)23-17)24-25-27(19)15-10-12-26(13-11-15)21(29)14-6-8-16(9-7-14)30-4-2/h6-9,15H,3-5,10-13H2,1-2H3,(H,22,23,28). The van der Waals surface area contributed by atoms with Crippen LogP contribution in [-0.4, -0.2) is 55.5 Å². The van der Waals surface area contributed by atoms with Crippen LogP contribution in [0.1, 0.15) is 55.3 Å². The first-order valence-corrected chi connectivity index (χ1v) is 10.5. The molecule has 4 rings (SSSR count). The van der Waals surface area contributed by atoms with Gasteiger partial charge in [-0.25, -0.2) is 9.67 Å². The fourth-order valence-electron chi connectivity index (χ4n) is 3.84. The Bertz CT molecular complexity index is 1080. The molecule has 0 saturated carbocycles.